The monoisotopic (exact) mass is 1110 g/mol. The van der Waals surface area contributed by atoms with Crippen LogP contribution in [0.3, 0.4) is 0 Å². The second kappa shape index (κ2) is 21.7. The molecule has 4 aliphatic heterocycles. The number of amides is 5. The highest BCUT2D eigenvalue weighted by Gasteiger charge is 2.49. The average molecular weight is 1110 g/mol. The summed E-state index contributed by atoms with van der Waals surface area (Å²) in [5, 5.41) is 68.8. The molecule has 1 unspecified atom stereocenters. The van der Waals surface area contributed by atoms with Gasteiger partial charge in [0.2, 0.25) is 29.9 Å². The third kappa shape index (κ3) is 10.2. The summed E-state index contributed by atoms with van der Waals surface area (Å²) in [6.07, 6.45) is -11.3. The van der Waals surface area contributed by atoms with E-state index in [1.807, 2.05) is 0 Å². The number of nitrogens with one attached hydrogen (secondary N) is 3. The third-order valence-electron chi connectivity index (χ3n) is 14.4. The van der Waals surface area contributed by atoms with E-state index in [-0.39, 0.29) is 89.7 Å². The van der Waals surface area contributed by atoms with Crippen LogP contribution in [-0.4, -0.2) is 154 Å². The van der Waals surface area contributed by atoms with Gasteiger partial charge in [-0.05, 0) is 66.6 Å². The van der Waals surface area contributed by atoms with E-state index in [2.05, 4.69) is 16.0 Å². The molecule has 78 heavy (non-hydrogen) atoms. The number of aromatic nitrogens is 2. The molecule has 9 atom stereocenters. The van der Waals surface area contributed by atoms with Gasteiger partial charge < -0.3 is 75.8 Å². The van der Waals surface area contributed by atoms with E-state index in [4.69, 9.17) is 34.8 Å². The molecule has 0 saturated carbocycles. The number of halogens is 1. The fourth-order valence-corrected chi connectivity index (χ4v) is 11.3. The van der Waals surface area contributed by atoms with Gasteiger partial charge in [-0.2, -0.15) is 0 Å². The van der Waals surface area contributed by atoms with Gasteiger partial charge in [0, 0.05) is 47.7 Å². The zero-order valence-electron chi connectivity index (χ0n) is 41.5. The number of cyclic esters (lactones) is 1. The minimum absolute atomic E-state index is 0.0297. The Labute approximate surface area is 444 Å². The number of ether oxygens (including phenoxy) is 4. The van der Waals surface area contributed by atoms with Crippen LogP contribution in [0.2, 0.25) is 0 Å². The van der Waals surface area contributed by atoms with Crippen LogP contribution in [0.15, 0.2) is 35.1 Å². The molecule has 6 heterocycles. The lowest BCUT2D eigenvalue weighted by Gasteiger charge is -2.38. The minimum Gasteiger partial charge on any atom is -0.480 e. The highest BCUT2D eigenvalue weighted by atomic mass is 32.2. The predicted molar refractivity (Wildman–Crippen MR) is 264 cm³/mol. The highest BCUT2D eigenvalue weighted by Crippen LogP contribution is 2.46. The number of aliphatic hydroxyl groups is 4. The molecule has 0 radical (unpaired) electrons. The van der Waals surface area contributed by atoms with Crippen molar-refractivity contribution in [2.45, 2.75) is 119 Å². The van der Waals surface area contributed by atoms with Gasteiger partial charge in [-0.15, -0.1) is 11.8 Å². The van der Waals surface area contributed by atoms with E-state index >= 15 is 4.39 Å². The number of hydrogen-bond donors (Lipinski definition) is 10. The van der Waals surface area contributed by atoms with Crippen LogP contribution in [0, 0.1) is 12.7 Å². The number of carboxylic acids is 2. The van der Waals surface area contributed by atoms with Crippen molar-refractivity contribution in [2.75, 3.05) is 24.2 Å². The first-order valence-corrected chi connectivity index (χ1v) is 25.5. The quantitative estimate of drug-likeness (QED) is 0.0412. The standard InChI is InChI=1S/C50H52FN7O19S/c1-3-50(73)24-11-30-38-22(15-58(30)43(65)23(24)17-74-48(50)71)37-27(6-5-21-19(2)25(51)12-29(55-38)36(21)37)56-49(72)75-16-20-4-7-31(76-47-41(64)39(62)40(63)42(77-47)46(69)70)28(10-20)54-34(60)14-53-33(59)8-9-57-35(61)13-32(44(57)66)78-18-26(52)45(67)68/h4,7,10-12,26-27,32,39-42,47,62-64,73H,3,5-6,8-9,13-18,52H2,1-2H3,(H,53,59)(H,54,60)(H,56,72)(H,67,68)(H,69,70)/t26-,27-,32?,39-,40-,41+,42-,47+,50-/m0/s1. The van der Waals surface area contributed by atoms with Gasteiger partial charge in [-0.25, -0.2) is 23.8 Å². The molecule has 9 rings (SSSR count). The number of esters is 1. The van der Waals surface area contributed by atoms with Crippen molar-refractivity contribution in [3.8, 4) is 17.1 Å². The Hall–Kier alpha value is -7.60. The summed E-state index contributed by atoms with van der Waals surface area (Å²) in [6, 6.07) is 4.56. The molecule has 2 fully saturated rings. The molecule has 2 aromatic heterocycles. The van der Waals surface area contributed by atoms with Crippen molar-refractivity contribution in [1.82, 2.24) is 25.1 Å². The number of aryl methyl sites for hydroxylation is 1. The van der Waals surface area contributed by atoms with Crippen molar-refractivity contribution in [3.63, 3.8) is 0 Å². The number of anilines is 1. The predicted octanol–water partition coefficient (Wildman–Crippen LogP) is -0.571. The lowest BCUT2D eigenvalue weighted by molar-refractivity contribution is -0.271. The summed E-state index contributed by atoms with van der Waals surface area (Å²) in [5.41, 5.74) is 5.89. The Bertz CT molecular complexity index is 3280. The Morgan fingerprint density at radius 2 is 1.77 bits per heavy atom. The largest absolute Gasteiger partial charge is 0.480 e. The summed E-state index contributed by atoms with van der Waals surface area (Å²) < 4.78 is 38.8. The molecule has 5 amide bonds. The number of aliphatic hydroxyl groups excluding tert-OH is 3. The zero-order valence-corrected chi connectivity index (χ0v) is 42.3. The fourth-order valence-electron chi connectivity index (χ4n) is 10.2. The van der Waals surface area contributed by atoms with E-state index in [0.717, 1.165) is 16.7 Å². The molecular formula is C50H52FN7O19S. The molecule has 1 aliphatic carbocycles. The van der Waals surface area contributed by atoms with Gasteiger partial charge in [0.15, 0.2) is 11.7 Å². The van der Waals surface area contributed by atoms with Gasteiger partial charge >= 0.3 is 24.0 Å². The number of thioether (sulfide) groups is 1. The normalized spacial score (nSPS) is 24.4. The number of carbonyl (C=O) groups is 8. The Morgan fingerprint density at radius 3 is 2.49 bits per heavy atom. The number of pyridine rings is 2. The van der Waals surface area contributed by atoms with Gasteiger partial charge in [-0.3, -0.25) is 33.7 Å². The summed E-state index contributed by atoms with van der Waals surface area (Å²) in [7, 11) is 0. The van der Waals surface area contributed by atoms with Gasteiger partial charge in [-0.1, -0.05) is 13.0 Å². The van der Waals surface area contributed by atoms with E-state index in [0.29, 0.717) is 34.1 Å². The summed E-state index contributed by atoms with van der Waals surface area (Å²) in [4.78, 5) is 121. The second-order valence-corrected chi connectivity index (χ2v) is 20.5. The fraction of sp³-hybridized carbons (Fsp3) is 0.440. The van der Waals surface area contributed by atoms with Crippen molar-refractivity contribution < 1.29 is 92.3 Å². The van der Waals surface area contributed by atoms with Gasteiger partial charge in [0.05, 0.1) is 52.5 Å². The van der Waals surface area contributed by atoms with Crippen molar-refractivity contribution >= 4 is 76.0 Å². The van der Waals surface area contributed by atoms with Crippen LogP contribution in [0.25, 0.3) is 22.3 Å². The molecule has 28 heteroatoms. The van der Waals surface area contributed by atoms with E-state index in [9.17, 15) is 68.7 Å². The van der Waals surface area contributed by atoms with Crippen molar-refractivity contribution in [2.24, 2.45) is 5.73 Å². The molecular weight excluding hydrogens is 1050 g/mol. The van der Waals surface area contributed by atoms with E-state index in [1.165, 1.54) is 34.9 Å². The maximum atomic E-state index is 15.5. The third-order valence-corrected chi connectivity index (χ3v) is 15.7. The molecule has 11 N–H and O–H groups in total. The molecule has 26 nitrogen and oxygen atoms in total. The highest BCUT2D eigenvalue weighted by molar-refractivity contribution is 8.00. The minimum atomic E-state index is -2.11. The topological polar surface area (TPSA) is 395 Å². The number of hydrogen-bond acceptors (Lipinski definition) is 20. The van der Waals surface area contributed by atoms with Crippen LogP contribution < -0.4 is 32.0 Å². The summed E-state index contributed by atoms with van der Waals surface area (Å²) >= 11 is 0.899. The Morgan fingerprint density at radius 1 is 1.01 bits per heavy atom. The number of aliphatic carboxylic acids is 2. The van der Waals surface area contributed by atoms with Crippen LogP contribution in [0.5, 0.6) is 5.75 Å². The maximum Gasteiger partial charge on any atom is 0.407 e. The molecule has 5 aliphatic rings. The van der Waals surface area contributed by atoms with E-state index in [1.54, 1.807) is 13.8 Å². The number of carbonyl (C=O) groups excluding carboxylic acids is 6. The molecule has 414 valence electrons. The molecule has 0 spiro atoms. The lowest BCUT2D eigenvalue weighted by atomic mass is 9.81. The first-order valence-electron chi connectivity index (χ1n) is 24.5. The van der Waals surface area contributed by atoms with Crippen LogP contribution in [0.4, 0.5) is 14.9 Å². The molecule has 4 aromatic rings. The second-order valence-electron chi connectivity index (χ2n) is 19.2. The Kier molecular flexibility index (Phi) is 15.3. The number of fused-ring (bicyclic) bond motifs is 5. The lowest BCUT2D eigenvalue weighted by Crippen LogP contribution is -2.61. The van der Waals surface area contributed by atoms with Crippen molar-refractivity contribution in [3.05, 3.63) is 85.4 Å². The molecule has 2 saturated heterocycles. The maximum absolute atomic E-state index is 15.5. The number of rotatable bonds is 17. The first-order chi connectivity index (χ1) is 37.0. The number of likely N-dealkylation sites (tertiary alicyclic amines) is 1. The number of benzene rings is 2. The van der Waals surface area contributed by atoms with Crippen molar-refractivity contribution in [1.29, 1.82) is 0 Å². The Balaban J connectivity index is 0.918. The smallest absolute Gasteiger partial charge is 0.407 e. The molecule has 2 aromatic carbocycles. The van der Waals surface area contributed by atoms with Crippen LogP contribution >= 0.6 is 11.8 Å². The number of imide groups is 1. The van der Waals surface area contributed by atoms with E-state index < -0.39 is 132 Å². The number of carboxylic acid groups (broad SMARTS) is 2. The SMILES string of the molecule is CC[C@@]1(O)C(=O)OCc2c1cc1n(c2=O)Cc2c-1nc1cc(F)c(C)c3c1c2[C@@H](NC(=O)OCc1ccc(O[C@@H]2O[C@H](C(=O)O)[C@@H](O)[C@H](O)[C@H]2O)c(NC(=O)CNC(=O)CCN2C(=O)CC(SC[C@H](N)C(=O)O)C2=O)c1)CC3. The average Bonchev–Trinajstić information content (AvgIpc) is 4.10. The molecule has 0 bridgehead atoms. The number of nitrogens with two attached hydrogens (primary N) is 1. The summed E-state index contributed by atoms with van der Waals surface area (Å²) in [5.74, 6) is -7.74. The first kappa shape index (κ1) is 55.2. The number of nitrogens with zero attached hydrogens (tertiary/aromatic N) is 3. The van der Waals surface area contributed by atoms with Crippen LogP contribution in [-0.2, 0) is 79.6 Å². The zero-order chi connectivity index (χ0) is 56.2. The number of alkyl carbamates (subject to hydrolysis) is 1. The van der Waals surface area contributed by atoms with Crippen LogP contribution in [0.1, 0.15) is 77.6 Å². The van der Waals surface area contributed by atoms with Gasteiger partial charge in [0.1, 0.15) is 49.1 Å². The van der Waals surface area contributed by atoms with Gasteiger partial charge in [0.25, 0.3) is 5.56 Å². The summed E-state index contributed by atoms with van der Waals surface area (Å²) in [6.45, 7) is 1.26.